The Bertz CT molecular complexity index is 377. The highest BCUT2D eigenvalue weighted by Gasteiger charge is 2.10. The van der Waals surface area contributed by atoms with Gasteiger partial charge in [-0.15, -0.1) is 0 Å². The van der Waals surface area contributed by atoms with Crippen molar-refractivity contribution < 1.29 is 9.18 Å². The van der Waals surface area contributed by atoms with Crippen LogP contribution in [0.2, 0.25) is 0 Å². The highest BCUT2D eigenvalue weighted by molar-refractivity contribution is 5.99. The predicted octanol–water partition coefficient (Wildman–Crippen LogP) is 2.18. The number of carbonyl (C=O) groups excluding carboxylic acids is 1. The van der Waals surface area contributed by atoms with Crippen LogP contribution in [0.5, 0.6) is 0 Å². The second-order valence-electron chi connectivity index (χ2n) is 4.17. The second-order valence-corrected chi connectivity index (χ2v) is 4.17. The number of benzene rings is 1. The number of nitrogens with one attached hydrogen (secondary N) is 1. The maximum atomic E-state index is 12.9. The standard InChI is InChI=1S/C12H17FN2O/c1-8(2)5-6-15-12(16)10-7-9(13)3-4-11(10)14/h3-4,7-8H,5-6,14H2,1-2H3,(H,15,16). The van der Waals surface area contributed by atoms with Gasteiger partial charge in [-0.2, -0.15) is 0 Å². The van der Waals surface area contributed by atoms with Crippen molar-refractivity contribution in [1.82, 2.24) is 5.32 Å². The van der Waals surface area contributed by atoms with Gasteiger partial charge in [-0.3, -0.25) is 4.79 Å². The van der Waals surface area contributed by atoms with Crippen molar-refractivity contribution in [2.45, 2.75) is 20.3 Å². The topological polar surface area (TPSA) is 55.1 Å². The zero-order valence-corrected chi connectivity index (χ0v) is 9.59. The van der Waals surface area contributed by atoms with E-state index in [4.69, 9.17) is 5.73 Å². The van der Waals surface area contributed by atoms with E-state index in [2.05, 4.69) is 19.2 Å². The van der Waals surface area contributed by atoms with Gasteiger partial charge in [0, 0.05) is 12.2 Å². The SMILES string of the molecule is CC(C)CCNC(=O)c1cc(F)ccc1N. The monoisotopic (exact) mass is 224 g/mol. The minimum absolute atomic E-state index is 0.198. The van der Waals surface area contributed by atoms with Gasteiger partial charge in [-0.25, -0.2) is 4.39 Å². The second kappa shape index (κ2) is 5.49. The molecule has 1 rings (SSSR count). The molecule has 16 heavy (non-hydrogen) atoms. The van der Waals surface area contributed by atoms with E-state index < -0.39 is 5.82 Å². The molecule has 1 aromatic rings. The summed E-state index contributed by atoms with van der Waals surface area (Å²) in [7, 11) is 0. The van der Waals surface area contributed by atoms with E-state index in [9.17, 15) is 9.18 Å². The van der Waals surface area contributed by atoms with Gasteiger partial charge in [-0.05, 0) is 30.5 Å². The van der Waals surface area contributed by atoms with Crippen molar-refractivity contribution >= 4 is 11.6 Å². The van der Waals surface area contributed by atoms with Crippen molar-refractivity contribution in [3.05, 3.63) is 29.6 Å². The molecule has 0 heterocycles. The molecule has 88 valence electrons. The van der Waals surface area contributed by atoms with Gasteiger partial charge >= 0.3 is 0 Å². The number of hydrogen-bond donors (Lipinski definition) is 2. The van der Waals surface area contributed by atoms with Crippen LogP contribution < -0.4 is 11.1 Å². The maximum Gasteiger partial charge on any atom is 0.253 e. The van der Waals surface area contributed by atoms with E-state index >= 15 is 0 Å². The third kappa shape index (κ3) is 3.53. The Balaban J connectivity index is 2.62. The van der Waals surface area contributed by atoms with Crippen LogP contribution in [-0.4, -0.2) is 12.5 Å². The van der Waals surface area contributed by atoms with Crippen molar-refractivity contribution in [1.29, 1.82) is 0 Å². The first-order chi connectivity index (χ1) is 7.50. The number of hydrogen-bond acceptors (Lipinski definition) is 2. The van der Waals surface area contributed by atoms with Gasteiger partial charge in [0.15, 0.2) is 0 Å². The highest BCUT2D eigenvalue weighted by atomic mass is 19.1. The average molecular weight is 224 g/mol. The van der Waals surface area contributed by atoms with Crippen LogP contribution in [0.25, 0.3) is 0 Å². The summed E-state index contributed by atoms with van der Waals surface area (Å²) in [6.07, 6.45) is 0.890. The maximum absolute atomic E-state index is 12.9. The molecular formula is C12H17FN2O. The summed E-state index contributed by atoms with van der Waals surface area (Å²) in [6.45, 7) is 4.72. The van der Waals surface area contributed by atoms with Crippen molar-refractivity contribution in [2.75, 3.05) is 12.3 Å². The zero-order chi connectivity index (χ0) is 12.1. The van der Waals surface area contributed by atoms with Crippen LogP contribution in [0.3, 0.4) is 0 Å². The number of nitrogens with two attached hydrogens (primary N) is 1. The van der Waals surface area contributed by atoms with Crippen LogP contribution in [0.15, 0.2) is 18.2 Å². The Kier molecular flexibility index (Phi) is 4.28. The molecule has 0 radical (unpaired) electrons. The first kappa shape index (κ1) is 12.5. The summed E-state index contributed by atoms with van der Waals surface area (Å²) in [6, 6.07) is 3.78. The van der Waals surface area contributed by atoms with Gasteiger partial charge in [0.2, 0.25) is 0 Å². The lowest BCUT2D eigenvalue weighted by molar-refractivity contribution is 0.0952. The summed E-state index contributed by atoms with van der Waals surface area (Å²) in [5.41, 5.74) is 6.09. The molecule has 0 spiro atoms. The Labute approximate surface area is 94.8 Å². The van der Waals surface area contributed by atoms with E-state index in [-0.39, 0.29) is 11.5 Å². The van der Waals surface area contributed by atoms with Gasteiger partial charge in [-0.1, -0.05) is 13.8 Å². The minimum Gasteiger partial charge on any atom is -0.398 e. The molecule has 0 aromatic heterocycles. The summed E-state index contributed by atoms with van der Waals surface area (Å²) in [5.74, 6) is -0.258. The normalized spacial score (nSPS) is 10.5. The number of rotatable bonds is 4. The van der Waals surface area contributed by atoms with Gasteiger partial charge in [0.1, 0.15) is 5.82 Å². The molecule has 0 saturated carbocycles. The molecular weight excluding hydrogens is 207 g/mol. The third-order valence-corrected chi connectivity index (χ3v) is 2.27. The van der Waals surface area contributed by atoms with Crippen LogP contribution in [0.4, 0.5) is 10.1 Å². The Morgan fingerprint density at radius 1 is 1.50 bits per heavy atom. The van der Waals surface area contributed by atoms with E-state index in [1.54, 1.807) is 0 Å². The fourth-order valence-electron chi connectivity index (χ4n) is 1.29. The van der Waals surface area contributed by atoms with Crippen LogP contribution in [0.1, 0.15) is 30.6 Å². The van der Waals surface area contributed by atoms with E-state index in [0.29, 0.717) is 18.2 Å². The molecule has 0 bridgehead atoms. The molecule has 4 heteroatoms. The molecule has 0 atom stereocenters. The molecule has 0 fully saturated rings. The van der Waals surface area contributed by atoms with Crippen molar-refractivity contribution in [3.63, 3.8) is 0 Å². The lowest BCUT2D eigenvalue weighted by Crippen LogP contribution is -2.26. The molecule has 1 aromatic carbocycles. The largest absolute Gasteiger partial charge is 0.398 e. The van der Waals surface area contributed by atoms with Crippen LogP contribution >= 0.6 is 0 Å². The van der Waals surface area contributed by atoms with Crippen LogP contribution in [-0.2, 0) is 0 Å². The van der Waals surface area contributed by atoms with Crippen LogP contribution in [0, 0.1) is 11.7 Å². The number of carbonyl (C=O) groups is 1. The Morgan fingerprint density at radius 2 is 2.19 bits per heavy atom. The van der Waals surface area contributed by atoms with Crippen molar-refractivity contribution in [2.24, 2.45) is 5.92 Å². The Hall–Kier alpha value is -1.58. The van der Waals surface area contributed by atoms with Gasteiger partial charge in [0.05, 0.1) is 5.56 Å². The fourth-order valence-corrected chi connectivity index (χ4v) is 1.29. The number of halogens is 1. The number of nitrogen functional groups attached to an aromatic ring is 1. The van der Waals surface area contributed by atoms with E-state index in [1.165, 1.54) is 12.1 Å². The van der Waals surface area contributed by atoms with E-state index in [0.717, 1.165) is 12.5 Å². The molecule has 1 amide bonds. The summed E-state index contributed by atoms with van der Waals surface area (Å²) in [4.78, 5) is 11.6. The molecule has 3 N–H and O–H groups in total. The number of amides is 1. The smallest absolute Gasteiger partial charge is 0.253 e. The summed E-state index contributed by atoms with van der Waals surface area (Å²) < 4.78 is 12.9. The molecule has 0 aliphatic carbocycles. The summed E-state index contributed by atoms with van der Waals surface area (Å²) in [5, 5.41) is 2.71. The first-order valence-corrected chi connectivity index (χ1v) is 5.34. The minimum atomic E-state index is -0.455. The molecule has 0 aliphatic heterocycles. The average Bonchev–Trinajstić information content (AvgIpc) is 2.21. The third-order valence-electron chi connectivity index (χ3n) is 2.27. The number of anilines is 1. The first-order valence-electron chi connectivity index (χ1n) is 5.34. The molecule has 0 unspecified atom stereocenters. The van der Waals surface area contributed by atoms with Gasteiger partial charge < -0.3 is 11.1 Å². The van der Waals surface area contributed by atoms with E-state index in [1.807, 2.05) is 0 Å². The lowest BCUT2D eigenvalue weighted by atomic mass is 10.1. The fraction of sp³-hybridized carbons (Fsp3) is 0.417. The van der Waals surface area contributed by atoms with Gasteiger partial charge in [0.25, 0.3) is 5.91 Å². The molecule has 0 aliphatic rings. The molecule has 3 nitrogen and oxygen atoms in total. The quantitative estimate of drug-likeness (QED) is 0.770. The zero-order valence-electron chi connectivity index (χ0n) is 9.59. The Morgan fingerprint density at radius 3 is 2.81 bits per heavy atom. The lowest BCUT2D eigenvalue weighted by Gasteiger charge is -2.08. The van der Waals surface area contributed by atoms with Crippen molar-refractivity contribution in [3.8, 4) is 0 Å². The highest BCUT2D eigenvalue weighted by Crippen LogP contribution is 2.13. The summed E-state index contributed by atoms with van der Waals surface area (Å²) >= 11 is 0. The molecule has 0 saturated heterocycles. The predicted molar refractivity (Wildman–Crippen MR) is 62.6 cm³/mol.